The molecular formula is C9H10Cl2N2O. The molecule has 0 amide bonds. The van der Waals surface area contributed by atoms with Crippen molar-refractivity contribution in [3.05, 3.63) is 39.5 Å². The second-order valence-electron chi connectivity index (χ2n) is 2.78. The minimum Gasteiger partial charge on any atom is -0.298 e. The van der Waals surface area contributed by atoms with Crippen LogP contribution in [0.15, 0.2) is 23.8 Å². The summed E-state index contributed by atoms with van der Waals surface area (Å²) < 4.78 is 1.44. The molecule has 3 nitrogen and oxygen atoms in total. The van der Waals surface area contributed by atoms with Gasteiger partial charge in [-0.15, -0.1) is 6.58 Å². The summed E-state index contributed by atoms with van der Waals surface area (Å²) >= 11 is 11.2. The predicted molar refractivity (Wildman–Crippen MR) is 57.9 cm³/mol. The van der Waals surface area contributed by atoms with Crippen LogP contribution in [0, 0.1) is 0 Å². The number of nitrogens with zero attached hydrogens (tertiary/aromatic N) is 2. The van der Waals surface area contributed by atoms with E-state index in [9.17, 15) is 4.79 Å². The van der Waals surface area contributed by atoms with Gasteiger partial charge in [0, 0.05) is 6.54 Å². The van der Waals surface area contributed by atoms with Crippen molar-refractivity contribution in [2.24, 2.45) is 0 Å². The molecule has 0 aliphatic heterocycles. The first-order chi connectivity index (χ1) is 6.66. The standard InChI is InChI=1S/C9H10Cl2N2O/c1-2-3-4-5-13-6-12-8(11)7(10)9(13)14/h2,6H,1,3-5H2. The predicted octanol–water partition coefficient (Wildman–Crippen LogP) is 2.52. The van der Waals surface area contributed by atoms with Crippen LogP contribution in [-0.2, 0) is 6.54 Å². The minimum absolute atomic E-state index is 0.0206. The molecule has 5 heteroatoms. The Morgan fingerprint density at radius 2 is 2.29 bits per heavy atom. The van der Waals surface area contributed by atoms with Gasteiger partial charge in [0.2, 0.25) is 0 Å². The molecule has 0 aliphatic rings. The van der Waals surface area contributed by atoms with Gasteiger partial charge in [-0.05, 0) is 12.8 Å². The highest BCUT2D eigenvalue weighted by Gasteiger charge is 2.06. The van der Waals surface area contributed by atoms with E-state index in [4.69, 9.17) is 23.2 Å². The van der Waals surface area contributed by atoms with Crippen LogP contribution in [-0.4, -0.2) is 9.55 Å². The SMILES string of the molecule is C=CCCCn1cnc(Cl)c(Cl)c1=O. The first-order valence-electron chi connectivity index (χ1n) is 4.18. The summed E-state index contributed by atoms with van der Waals surface area (Å²) in [5.74, 6) is 0. The van der Waals surface area contributed by atoms with E-state index >= 15 is 0 Å². The molecule has 0 spiro atoms. The summed E-state index contributed by atoms with van der Waals surface area (Å²) in [6.07, 6.45) is 4.89. The Balaban J connectivity index is 2.83. The van der Waals surface area contributed by atoms with Crippen LogP contribution in [0.4, 0.5) is 0 Å². The molecule has 0 saturated carbocycles. The molecule has 76 valence electrons. The van der Waals surface area contributed by atoms with E-state index < -0.39 is 0 Å². The zero-order valence-corrected chi connectivity index (χ0v) is 9.05. The van der Waals surface area contributed by atoms with E-state index in [1.54, 1.807) is 6.08 Å². The van der Waals surface area contributed by atoms with Crippen molar-refractivity contribution in [3.63, 3.8) is 0 Å². The molecule has 0 bridgehead atoms. The Morgan fingerprint density at radius 1 is 1.57 bits per heavy atom. The Kier molecular flexibility index (Phi) is 4.17. The Bertz CT molecular complexity index is 387. The van der Waals surface area contributed by atoms with Gasteiger partial charge in [-0.1, -0.05) is 29.3 Å². The lowest BCUT2D eigenvalue weighted by Gasteiger charge is -2.04. The maximum Gasteiger partial charge on any atom is 0.273 e. The van der Waals surface area contributed by atoms with Crippen molar-refractivity contribution in [2.75, 3.05) is 0 Å². The molecule has 0 N–H and O–H groups in total. The molecule has 0 radical (unpaired) electrons. The average molecular weight is 233 g/mol. The minimum atomic E-state index is -0.296. The lowest BCUT2D eigenvalue weighted by molar-refractivity contribution is 0.618. The smallest absolute Gasteiger partial charge is 0.273 e. The number of allylic oxidation sites excluding steroid dienone is 1. The highest BCUT2D eigenvalue weighted by Crippen LogP contribution is 2.12. The van der Waals surface area contributed by atoms with Crippen LogP contribution in [0.1, 0.15) is 12.8 Å². The van der Waals surface area contributed by atoms with Crippen molar-refractivity contribution in [3.8, 4) is 0 Å². The number of aromatic nitrogens is 2. The number of aryl methyl sites for hydroxylation is 1. The van der Waals surface area contributed by atoms with Crippen LogP contribution < -0.4 is 5.56 Å². The number of rotatable bonds is 4. The second-order valence-corrected chi connectivity index (χ2v) is 3.51. The van der Waals surface area contributed by atoms with Crippen LogP contribution in [0.5, 0.6) is 0 Å². The third-order valence-electron chi connectivity index (χ3n) is 1.75. The number of hydrogen-bond donors (Lipinski definition) is 0. The second kappa shape index (κ2) is 5.17. The van der Waals surface area contributed by atoms with Crippen LogP contribution in [0.2, 0.25) is 10.2 Å². The first kappa shape index (κ1) is 11.3. The van der Waals surface area contributed by atoms with Crippen molar-refractivity contribution in [1.82, 2.24) is 9.55 Å². The van der Waals surface area contributed by atoms with Crippen LogP contribution in [0.25, 0.3) is 0 Å². The van der Waals surface area contributed by atoms with Crippen molar-refractivity contribution in [1.29, 1.82) is 0 Å². The lowest BCUT2D eigenvalue weighted by atomic mass is 10.3. The summed E-state index contributed by atoms with van der Waals surface area (Å²) in [5, 5.41) is 0.0319. The number of halogens is 2. The molecule has 0 unspecified atom stereocenters. The molecular weight excluding hydrogens is 223 g/mol. The van der Waals surface area contributed by atoms with Crippen molar-refractivity contribution in [2.45, 2.75) is 19.4 Å². The molecule has 0 atom stereocenters. The van der Waals surface area contributed by atoms with Crippen molar-refractivity contribution >= 4 is 23.2 Å². The van der Waals surface area contributed by atoms with Gasteiger partial charge in [0.25, 0.3) is 5.56 Å². The molecule has 0 aromatic carbocycles. The molecule has 1 aromatic rings. The highest BCUT2D eigenvalue weighted by atomic mass is 35.5. The molecule has 14 heavy (non-hydrogen) atoms. The fraction of sp³-hybridized carbons (Fsp3) is 0.333. The molecule has 1 aromatic heterocycles. The normalized spacial score (nSPS) is 10.1. The summed E-state index contributed by atoms with van der Waals surface area (Å²) in [6, 6.07) is 0. The van der Waals surface area contributed by atoms with Gasteiger partial charge in [0.1, 0.15) is 5.02 Å². The van der Waals surface area contributed by atoms with E-state index in [0.29, 0.717) is 6.54 Å². The molecule has 1 rings (SSSR count). The van der Waals surface area contributed by atoms with Gasteiger partial charge in [0.15, 0.2) is 5.15 Å². The quantitative estimate of drug-likeness (QED) is 0.455. The maximum atomic E-state index is 11.5. The van der Waals surface area contributed by atoms with Gasteiger partial charge in [-0.2, -0.15) is 0 Å². The maximum absolute atomic E-state index is 11.5. The van der Waals surface area contributed by atoms with E-state index in [1.165, 1.54) is 10.9 Å². The van der Waals surface area contributed by atoms with Gasteiger partial charge in [-0.3, -0.25) is 9.36 Å². The summed E-state index contributed by atoms with van der Waals surface area (Å²) in [6.45, 7) is 4.17. The third kappa shape index (κ3) is 2.59. The van der Waals surface area contributed by atoms with Gasteiger partial charge in [0.05, 0.1) is 6.33 Å². The fourth-order valence-electron chi connectivity index (χ4n) is 1.01. The molecule has 0 saturated heterocycles. The highest BCUT2D eigenvalue weighted by molar-refractivity contribution is 6.40. The summed E-state index contributed by atoms with van der Waals surface area (Å²) in [5.41, 5.74) is -0.296. The van der Waals surface area contributed by atoms with E-state index in [1.807, 2.05) is 0 Å². The first-order valence-corrected chi connectivity index (χ1v) is 4.93. The number of hydrogen-bond acceptors (Lipinski definition) is 2. The largest absolute Gasteiger partial charge is 0.298 e. The van der Waals surface area contributed by atoms with E-state index in [2.05, 4.69) is 11.6 Å². The monoisotopic (exact) mass is 232 g/mol. The lowest BCUT2D eigenvalue weighted by Crippen LogP contribution is -2.21. The van der Waals surface area contributed by atoms with Crippen LogP contribution >= 0.6 is 23.2 Å². The fourth-order valence-corrected chi connectivity index (χ4v) is 1.29. The number of unbranched alkanes of at least 4 members (excludes halogenated alkanes) is 1. The van der Waals surface area contributed by atoms with Crippen LogP contribution in [0.3, 0.4) is 0 Å². The molecule has 0 aliphatic carbocycles. The topological polar surface area (TPSA) is 34.9 Å². The summed E-state index contributed by atoms with van der Waals surface area (Å²) in [7, 11) is 0. The Morgan fingerprint density at radius 3 is 2.93 bits per heavy atom. The Labute approximate surface area is 92.0 Å². The molecule has 1 heterocycles. The van der Waals surface area contributed by atoms with Gasteiger partial charge in [-0.25, -0.2) is 4.98 Å². The van der Waals surface area contributed by atoms with Crippen molar-refractivity contribution < 1.29 is 0 Å². The van der Waals surface area contributed by atoms with E-state index in [0.717, 1.165) is 12.8 Å². The van der Waals surface area contributed by atoms with Gasteiger partial charge < -0.3 is 0 Å². The zero-order valence-electron chi connectivity index (χ0n) is 7.54. The Hall–Kier alpha value is -0.800. The third-order valence-corrected chi connectivity index (χ3v) is 2.47. The average Bonchev–Trinajstić information content (AvgIpc) is 2.18. The van der Waals surface area contributed by atoms with Gasteiger partial charge >= 0.3 is 0 Å². The molecule has 0 fully saturated rings. The van der Waals surface area contributed by atoms with E-state index in [-0.39, 0.29) is 15.7 Å². The summed E-state index contributed by atoms with van der Waals surface area (Å²) in [4.78, 5) is 15.3. The zero-order chi connectivity index (χ0) is 10.6.